The third-order valence-corrected chi connectivity index (χ3v) is 8.00. The predicted molar refractivity (Wildman–Crippen MR) is 182 cm³/mol. The molecule has 1 amide bonds. The van der Waals surface area contributed by atoms with Gasteiger partial charge in [0.15, 0.2) is 18.0 Å². The van der Waals surface area contributed by atoms with Crippen LogP contribution in [0.25, 0.3) is 11.2 Å². The summed E-state index contributed by atoms with van der Waals surface area (Å²) in [4.78, 5) is 24.1. The number of hydrogen-bond acceptors (Lipinski definition) is 7. The lowest BCUT2D eigenvalue weighted by Crippen LogP contribution is -2.56. The molecule has 0 saturated carbocycles. The Morgan fingerprint density at radius 2 is 1.61 bits per heavy atom. The molecule has 2 aromatic heterocycles. The van der Waals surface area contributed by atoms with E-state index in [1.807, 2.05) is 64.1 Å². The zero-order chi connectivity index (χ0) is 32.8. The van der Waals surface area contributed by atoms with Crippen molar-refractivity contribution < 1.29 is 13.1 Å². The van der Waals surface area contributed by atoms with Crippen LogP contribution < -0.4 is 10.6 Å². The van der Waals surface area contributed by atoms with Crippen molar-refractivity contribution in [3.63, 3.8) is 0 Å². The second-order valence-electron chi connectivity index (χ2n) is 11.1. The first-order valence-corrected chi connectivity index (χ1v) is 16.0. The number of rotatable bonds is 10. The maximum absolute atomic E-state index is 14.5. The second-order valence-corrected chi connectivity index (χ2v) is 11.6. The zero-order valence-electron chi connectivity index (χ0n) is 26.2. The van der Waals surface area contributed by atoms with Crippen molar-refractivity contribution in [2.24, 2.45) is 0 Å². The monoisotopic (exact) mass is 641 g/mol. The van der Waals surface area contributed by atoms with Gasteiger partial charge in [0.2, 0.25) is 0 Å². The summed E-state index contributed by atoms with van der Waals surface area (Å²) in [5.74, 6) is -0.850. The van der Waals surface area contributed by atoms with Gasteiger partial charge in [-0.15, -0.1) is 3.89 Å². The lowest BCUT2D eigenvalue weighted by atomic mass is 9.93. The van der Waals surface area contributed by atoms with E-state index < -0.39 is 11.7 Å². The standard InChI is InChI=1S/C33H31F2N7OS.C2H6/c1-20(2)38-33(43)26-19-42(44-35)32-30(26)40-28(16-37-32)29(36)25-14-13-23(34)15-27(25)39-24-17-41(18-24)31(21-9-5-3-6-10-21)22-11-7-4-8-12-22;1-2/h3-16,19-20,24,31,36,39H,17-18H2,1-2H3,(H,38,43);1-2H3. The topological polar surface area (TPSA) is 98.9 Å². The molecule has 8 nitrogen and oxygen atoms in total. The molecule has 0 atom stereocenters. The number of aromatic nitrogens is 3. The SMILES string of the molecule is CC.CC(C)NC(=O)c1cn(SF)c2ncc(C(=N)c3ccc(F)cc3NC3CN(C(c4ccccc4)c4ccccc4)C3)nc12. The summed E-state index contributed by atoms with van der Waals surface area (Å²) < 4.78 is 29.2. The number of hydrogen-bond donors (Lipinski definition) is 3. The average Bonchev–Trinajstić information content (AvgIpc) is 3.43. The minimum Gasteiger partial charge on any atom is -0.379 e. The van der Waals surface area contributed by atoms with Crippen LogP contribution in [0.15, 0.2) is 91.3 Å². The highest BCUT2D eigenvalue weighted by molar-refractivity contribution is 7.92. The van der Waals surface area contributed by atoms with E-state index in [0.29, 0.717) is 24.3 Å². The summed E-state index contributed by atoms with van der Waals surface area (Å²) in [5, 5.41) is 15.2. The molecule has 1 aliphatic rings. The van der Waals surface area contributed by atoms with Crippen LogP contribution in [0.5, 0.6) is 0 Å². The Bertz CT molecular complexity index is 1770. The Labute approximate surface area is 272 Å². The fraction of sp³-hybridized carbons (Fsp3) is 0.257. The first kappa shape index (κ1) is 32.8. The number of halogens is 2. The molecule has 0 spiro atoms. The maximum Gasteiger partial charge on any atom is 0.255 e. The third-order valence-electron chi connectivity index (χ3n) is 7.57. The van der Waals surface area contributed by atoms with Crippen molar-refractivity contribution in [1.82, 2.24) is 24.2 Å². The molecule has 11 heteroatoms. The molecule has 0 bridgehead atoms. The number of carbonyl (C=O) groups excluding carboxylic acids is 1. The lowest BCUT2D eigenvalue weighted by Gasteiger charge is -2.45. The molecule has 1 fully saturated rings. The highest BCUT2D eigenvalue weighted by atomic mass is 32.2. The van der Waals surface area contributed by atoms with Crippen LogP contribution in [0.2, 0.25) is 0 Å². The van der Waals surface area contributed by atoms with Crippen molar-refractivity contribution in [2.75, 3.05) is 18.4 Å². The normalized spacial score (nSPS) is 13.3. The Balaban J connectivity index is 0.00000204. The third kappa shape index (κ3) is 6.95. The molecule has 3 aromatic carbocycles. The van der Waals surface area contributed by atoms with Crippen LogP contribution in [-0.4, -0.2) is 55.6 Å². The molecule has 3 heterocycles. The molecule has 3 N–H and O–H groups in total. The molecule has 1 saturated heterocycles. The average molecular weight is 642 g/mol. The van der Waals surface area contributed by atoms with Crippen molar-refractivity contribution in [2.45, 2.75) is 45.8 Å². The molecular weight excluding hydrogens is 604 g/mol. The number of carbonyl (C=O) groups is 1. The van der Waals surface area contributed by atoms with E-state index in [-0.39, 0.29) is 58.6 Å². The quantitative estimate of drug-likeness (QED) is 0.137. The summed E-state index contributed by atoms with van der Waals surface area (Å²) in [6.07, 6.45) is 2.70. The van der Waals surface area contributed by atoms with Crippen LogP contribution >= 0.6 is 12.3 Å². The van der Waals surface area contributed by atoms with E-state index in [1.165, 1.54) is 41.7 Å². The van der Waals surface area contributed by atoms with Crippen LogP contribution in [0.4, 0.5) is 14.0 Å². The number of nitrogens with zero attached hydrogens (tertiary/aromatic N) is 4. The maximum atomic E-state index is 14.5. The Kier molecular flexibility index (Phi) is 10.4. The Morgan fingerprint density at radius 1 is 0.978 bits per heavy atom. The van der Waals surface area contributed by atoms with Crippen LogP contribution in [-0.2, 0) is 0 Å². The van der Waals surface area contributed by atoms with Gasteiger partial charge < -0.3 is 10.6 Å². The fourth-order valence-corrected chi connectivity index (χ4v) is 5.90. The minimum absolute atomic E-state index is 0.000367. The summed E-state index contributed by atoms with van der Waals surface area (Å²) in [7, 11) is 0. The molecule has 5 aromatic rings. The Hall–Kier alpha value is -4.61. The van der Waals surface area contributed by atoms with E-state index in [1.54, 1.807) is 0 Å². The molecule has 46 heavy (non-hydrogen) atoms. The van der Waals surface area contributed by atoms with E-state index in [0.717, 1.165) is 3.97 Å². The van der Waals surface area contributed by atoms with E-state index in [4.69, 9.17) is 5.41 Å². The second kappa shape index (κ2) is 14.7. The number of amides is 1. The van der Waals surface area contributed by atoms with Gasteiger partial charge in [0, 0.05) is 36.6 Å². The van der Waals surface area contributed by atoms with Gasteiger partial charge in [0.25, 0.3) is 5.91 Å². The van der Waals surface area contributed by atoms with Crippen molar-refractivity contribution >= 4 is 40.8 Å². The lowest BCUT2D eigenvalue weighted by molar-refractivity contribution is 0.0944. The number of likely N-dealkylation sites (tertiary alicyclic amines) is 1. The van der Waals surface area contributed by atoms with Gasteiger partial charge >= 0.3 is 0 Å². The van der Waals surface area contributed by atoms with Crippen molar-refractivity contribution in [3.8, 4) is 0 Å². The van der Waals surface area contributed by atoms with E-state index in [9.17, 15) is 13.1 Å². The van der Waals surface area contributed by atoms with Gasteiger partial charge in [-0.3, -0.25) is 15.1 Å². The van der Waals surface area contributed by atoms with Crippen LogP contribution in [0.3, 0.4) is 0 Å². The molecule has 6 rings (SSSR count). The first-order valence-electron chi connectivity index (χ1n) is 15.3. The minimum atomic E-state index is -0.432. The van der Waals surface area contributed by atoms with Crippen molar-refractivity contribution in [3.05, 3.63) is 125 Å². The predicted octanol–water partition coefficient (Wildman–Crippen LogP) is 7.42. The van der Waals surface area contributed by atoms with Gasteiger partial charge in [-0.05, 0) is 43.2 Å². The molecule has 238 valence electrons. The van der Waals surface area contributed by atoms with E-state index >= 15 is 0 Å². The number of benzene rings is 3. The molecule has 0 aliphatic carbocycles. The summed E-state index contributed by atoms with van der Waals surface area (Å²) in [6, 6.07) is 24.8. The first-order chi connectivity index (χ1) is 22.3. The molecular formula is C35H37F2N7OS. The molecule has 0 unspecified atom stereocenters. The molecule has 1 aliphatic heterocycles. The van der Waals surface area contributed by atoms with Gasteiger partial charge in [-0.25, -0.2) is 18.3 Å². The van der Waals surface area contributed by atoms with E-state index in [2.05, 4.69) is 49.8 Å². The number of fused-ring (bicyclic) bond motifs is 1. The largest absolute Gasteiger partial charge is 0.379 e. The highest BCUT2D eigenvalue weighted by Gasteiger charge is 2.34. The van der Waals surface area contributed by atoms with Crippen LogP contribution in [0, 0.1) is 11.2 Å². The van der Waals surface area contributed by atoms with Gasteiger partial charge in [0.1, 0.15) is 17.0 Å². The zero-order valence-corrected chi connectivity index (χ0v) is 27.0. The van der Waals surface area contributed by atoms with Gasteiger partial charge in [-0.2, -0.15) is 0 Å². The summed E-state index contributed by atoms with van der Waals surface area (Å²) in [5.41, 5.74) is 3.97. The number of anilines is 1. The number of nitrogens with one attached hydrogen (secondary N) is 3. The van der Waals surface area contributed by atoms with Gasteiger partial charge in [-0.1, -0.05) is 74.5 Å². The summed E-state index contributed by atoms with van der Waals surface area (Å²) in [6.45, 7) is 9.07. The van der Waals surface area contributed by atoms with Crippen molar-refractivity contribution in [1.29, 1.82) is 5.41 Å². The fourth-order valence-electron chi connectivity index (χ4n) is 5.55. The highest BCUT2D eigenvalue weighted by Crippen LogP contribution is 2.34. The molecule has 0 radical (unpaired) electrons. The summed E-state index contributed by atoms with van der Waals surface area (Å²) >= 11 is -0.0902. The van der Waals surface area contributed by atoms with Crippen LogP contribution in [0.1, 0.15) is 66.5 Å². The Morgan fingerprint density at radius 3 is 2.20 bits per heavy atom. The van der Waals surface area contributed by atoms with Gasteiger partial charge in [0.05, 0.1) is 29.6 Å². The smallest absolute Gasteiger partial charge is 0.255 e.